The fourth-order valence-electron chi connectivity index (χ4n) is 6.84. The van der Waals surface area contributed by atoms with E-state index in [1.54, 1.807) is 6.92 Å². The summed E-state index contributed by atoms with van der Waals surface area (Å²) in [6.07, 6.45) is 14.1. The van der Waals surface area contributed by atoms with Gasteiger partial charge in [0.2, 0.25) is 0 Å². The highest BCUT2D eigenvalue weighted by Crippen LogP contribution is 2.69. The van der Waals surface area contributed by atoms with E-state index in [1.165, 1.54) is 113 Å². The first-order valence-electron chi connectivity index (χ1n) is 23.0. The number of aromatic nitrogens is 2. The van der Waals surface area contributed by atoms with E-state index >= 15 is 0 Å². The van der Waals surface area contributed by atoms with Crippen molar-refractivity contribution in [2.75, 3.05) is 13.2 Å². The molecule has 1 aromatic heterocycles. The predicted octanol–water partition coefficient (Wildman–Crippen LogP) is 11.6. The summed E-state index contributed by atoms with van der Waals surface area (Å²) in [6, 6.07) is 10.1. The van der Waals surface area contributed by atoms with E-state index in [-0.39, 0.29) is 59.4 Å². The second-order valence-electron chi connectivity index (χ2n) is 16.1. The van der Waals surface area contributed by atoms with Crippen LogP contribution in [0.15, 0.2) is 69.4 Å². The number of nitrogens with one attached hydrogen (secondary N) is 1. The van der Waals surface area contributed by atoms with E-state index in [4.69, 9.17) is 54.0 Å². The number of carbonyl (C=O) groups is 2. The minimum atomic E-state index is -5.92. The average Bonchev–Trinajstić information content (AvgIpc) is 3.72. The first-order chi connectivity index (χ1) is 33.4. The van der Waals surface area contributed by atoms with Crippen molar-refractivity contribution in [3.8, 4) is 11.5 Å². The van der Waals surface area contributed by atoms with Gasteiger partial charge >= 0.3 is 41.3 Å². The zero-order valence-corrected chi connectivity index (χ0v) is 43.9. The SMILES string of the molecule is CCCCCCCCCCCCCCCCOC(=O)Oc1ccc(COP(=O)(OCc2ccc(OC(=O)CC)cc2)OP(=O)(O)OP(=O)(O)OC[C@H]2O[C@@H](n3cc(Cl)c(=O)[nH]c3=O)C[C@H]2N=[N+]=[N-])cc1.N.N. The average molecular weight is 1100 g/mol. The van der Waals surface area contributed by atoms with E-state index in [9.17, 15) is 42.7 Å². The van der Waals surface area contributed by atoms with Gasteiger partial charge in [0.25, 0.3) is 5.56 Å². The Hall–Kier alpha value is -4.25. The second kappa shape index (κ2) is 32.8. The van der Waals surface area contributed by atoms with E-state index in [0.717, 1.165) is 30.0 Å². The normalized spacial score (nSPS) is 17.7. The summed E-state index contributed by atoms with van der Waals surface area (Å²) in [6.45, 7) is 1.86. The summed E-state index contributed by atoms with van der Waals surface area (Å²) in [7, 11) is -16.8. The number of aromatic amines is 1. The number of hydrogen-bond acceptors (Lipinski definition) is 19. The Bertz CT molecular complexity index is 2440. The Balaban J connectivity index is 0.00000888. The summed E-state index contributed by atoms with van der Waals surface area (Å²) in [4.78, 5) is 73.8. The molecule has 2 aromatic carbocycles. The molecule has 0 aliphatic carbocycles. The number of halogens is 1. The van der Waals surface area contributed by atoms with Crippen molar-refractivity contribution < 1.29 is 74.2 Å². The molecule has 3 aromatic rings. The smallest absolute Gasteiger partial charge is 0.434 e. The van der Waals surface area contributed by atoms with Crippen LogP contribution in [-0.2, 0) is 63.4 Å². The molecule has 4 rings (SSSR count). The number of unbranched alkanes of at least 4 members (excludes halogenated alkanes) is 13. The Morgan fingerprint density at radius 1 is 0.778 bits per heavy atom. The highest BCUT2D eigenvalue weighted by atomic mass is 35.5. The number of hydrogen-bond donors (Lipinski definition) is 5. The van der Waals surface area contributed by atoms with Crippen molar-refractivity contribution in [1.29, 1.82) is 0 Å². The summed E-state index contributed by atoms with van der Waals surface area (Å²) in [5.74, 6) is -0.218. The van der Waals surface area contributed by atoms with Crippen molar-refractivity contribution in [2.24, 2.45) is 5.11 Å². The van der Waals surface area contributed by atoms with Gasteiger partial charge in [0.1, 0.15) is 22.7 Å². The third-order valence-electron chi connectivity index (χ3n) is 10.5. The molecule has 1 saturated heterocycles. The van der Waals surface area contributed by atoms with Gasteiger partial charge in [0, 0.05) is 24.0 Å². The zero-order chi connectivity index (χ0) is 51.0. The zero-order valence-electron chi connectivity index (χ0n) is 40.4. The Labute approximate surface area is 422 Å². The highest BCUT2D eigenvalue weighted by Gasteiger charge is 2.45. The molecule has 0 saturated carbocycles. The largest absolute Gasteiger partial charge is 0.513 e. The molecule has 1 aliphatic rings. The van der Waals surface area contributed by atoms with Crippen molar-refractivity contribution in [3.63, 3.8) is 0 Å². The van der Waals surface area contributed by atoms with Gasteiger partial charge in [-0.05, 0) is 47.3 Å². The van der Waals surface area contributed by atoms with E-state index in [2.05, 4.69) is 21.3 Å². The lowest BCUT2D eigenvalue weighted by molar-refractivity contribution is -0.134. The van der Waals surface area contributed by atoms with Crippen LogP contribution < -0.4 is 33.0 Å². The lowest BCUT2D eigenvalue weighted by Crippen LogP contribution is -2.32. The molecule has 1 aliphatic heterocycles. The van der Waals surface area contributed by atoms with Crippen LogP contribution in [0.3, 0.4) is 0 Å². The molecule has 0 spiro atoms. The second-order valence-corrected chi connectivity index (χ2v) is 21.3. The molecule has 3 unspecified atom stereocenters. The molecule has 72 heavy (non-hydrogen) atoms. The Kier molecular flexibility index (Phi) is 29.1. The molecule has 0 radical (unpaired) electrons. The molecule has 2 heterocycles. The molecule has 29 heteroatoms. The number of phosphoric ester groups is 2. The topological polar surface area (TPSA) is 382 Å². The third-order valence-corrected chi connectivity index (χ3v) is 15.4. The Morgan fingerprint density at radius 3 is 1.81 bits per heavy atom. The van der Waals surface area contributed by atoms with Crippen LogP contribution in [0.5, 0.6) is 11.5 Å². The van der Waals surface area contributed by atoms with Crippen LogP contribution in [0.1, 0.15) is 134 Å². The molecule has 0 amide bonds. The number of rotatable bonds is 33. The first kappa shape index (κ1) is 63.9. The monoisotopic (exact) mass is 1100 g/mol. The maximum Gasteiger partial charge on any atom is 0.513 e. The van der Waals surface area contributed by atoms with Gasteiger partial charge in [-0.2, -0.15) is 8.62 Å². The number of carbonyl (C=O) groups excluding carboxylic acids is 2. The van der Waals surface area contributed by atoms with Gasteiger partial charge in [0.05, 0.1) is 38.6 Å². The van der Waals surface area contributed by atoms with Gasteiger partial charge in [-0.1, -0.05) is 138 Å². The molecular weight excluding hydrogens is 1030 g/mol. The van der Waals surface area contributed by atoms with E-state index in [0.29, 0.717) is 6.42 Å². The van der Waals surface area contributed by atoms with Crippen LogP contribution in [-0.4, -0.2) is 56.8 Å². The number of esters is 1. The van der Waals surface area contributed by atoms with Crippen LogP contribution in [0.2, 0.25) is 5.02 Å². The quantitative estimate of drug-likeness (QED) is 0.00553. The summed E-state index contributed by atoms with van der Waals surface area (Å²) in [5.41, 5.74) is 7.79. The maximum absolute atomic E-state index is 14.0. The van der Waals surface area contributed by atoms with Gasteiger partial charge in [-0.3, -0.25) is 32.7 Å². The fourth-order valence-corrected chi connectivity index (χ4v) is 11.0. The summed E-state index contributed by atoms with van der Waals surface area (Å²) < 4.78 is 87.0. The molecule has 25 nitrogen and oxygen atoms in total. The predicted molar refractivity (Wildman–Crippen MR) is 264 cm³/mol. The van der Waals surface area contributed by atoms with E-state index in [1.807, 2.05) is 4.98 Å². The lowest BCUT2D eigenvalue weighted by atomic mass is 10.0. The summed E-state index contributed by atoms with van der Waals surface area (Å²) >= 11 is 5.83. The van der Waals surface area contributed by atoms with Gasteiger partial charge in [-0.15, -0.1) is 0 Å². The highest BCUT2D eigenvalue weighted by molar-refractivity contribution is 7.67. The number of phosphoric acid groups is 3. The molecule has 404 valence electrons. The maximum atomic E-state index is 14.0. The van der Waals surface area contributed by atoms with Crippen molar-refractivity contribution in [1.82, 2.24) is 21.9 Å². The van der Waals surface area contributed by atoms with Crippen LogP contribution >= 0.6 is 35.1 Å². The standard InChI is InChI=1S/C43H61ClN5O18P3.2H3N/c1-3-5-6-7-8-9-10-11-12-13-14-15-16-17-26-59-43(53)64-35-24-20-33(21-25-35)30-62-70(58,61-29-32-18-22-34(23-19-32)63-40(50)4-2)67-69(56,57)66-68(54,55)60-31-38-37(47-48-45)27-39(65-38)49-28-36(44)41(51)46-42(49)52;;/h18-25,28,37-39H,3-17,26-27,29-31H2,1-2H3,(H,54,55)(H,56,57)(H,46,51,52);2*1H3/t37-,38-,39-,70?;;/m1../s1. The van der Waals surface area contributed by atoms with Crippen LogP contribution in [0.25, 0.3) is 10.4 Å². The molecule has 6 atom stereocenters. The summed E-state index contributed by atoms with van der Waals surface area (Å²) in [5, 5.41) is 3.16. The minimum Gasteiger partial charge on any atom is -0.434 e. The molecular formula is C43H67ClN7O18P3. The fraction of sp³-hybridized carbons (Fsp3) is 0.581. The van der Waals surface area contributed by atoms with Crippen LogP contribution in [0.4, 0.5) is 4.79 Å². The molecule has 0 bridgehead atoms. The van der Waals surface area contributed by atoms with Gasteiger partial charge in [0.15, 0.2) is 0 Å². The van der Waals surface area contributed by atoms with Gasteiger partial charge < -0.3 is 41.0 Å². The number of ether oxygens (including phenoxy) is 4. The molecule has 9 N–H and O–H groups in total. The van der Waals surface area contributed by atoms with Crippen LogP contribution in [0, 0.1) is 0 Å². The van der Waals surface area contributed by atoms with Crippen molar-refractivity contribution in [2.45, 2.75) is 148 Å². The number of H-pyrrole nitrogens is 1. The third kappa shape index (κ3) is 23.7. The van der Waals surface area contributed by atoms with E-state index < -0.39 is 85.0 Å². The minimum absolute atomic E-state index is 0. The number of benzene rings is 2. The van der Waals surface area contributed by atoms with Gasteiger partial charge in [-0.25, -0.2) is 23.3 Å². The first-order valence-corrected chi connectivity index (χ1v) is 27.8. The van der Waals surface area contributed by atoms with Crippen molar-refractivity contribution >= 4 is 47.2 Å². The van der Waals surface area contributed by atoms with Crippen molar-refractivity contribution in [3.05, 3.63) is 102 Å². The number of nitrogens with zero attached hydrogens (tertiary/aromatic N) is 4. The lowest BCUT2D eigenvalue weighted by Gasteiger charge is -2.22. The molecule has 1 fully saturated rings. The number of azide groups is 1. The Morgan fingerprint density at radius 2 is 1.29 bits per heavy atom.